The van der Waals surface area contributed by atoms with Crippen molar-refractivity contribution in [1.29, 1.82) is 0 Å². The van der Waals surface area contributed by atoms with Crippen molar-refractivity contribution in [2.75, 3.05) is 4.90 Å². The Morgan fingerprint density at radius 1 is 0.283 bits per heavy atom. The summed E-state index contributed by atoms with van der Waals surface area (Å²) in [5.41, 5.74) is 17.5. The Labute approximate surface area is 352 Å². The van der Waals surface area contributed by atoms with Crippen LogP contribution in [0.4, 0.5) is 17.1 Å². The number of rotatable bonds is 8. The Morgan fingerprint density at radius 3 is 1.52 bits per heavy atom. The van der Waals surface area contributed by atoms with E-state index in [1.165, 1.54) is 72.0 Å². The highest BCUT2D eigenvalue weighted by Crippen LogP contribution is 2.57. The van der Waals surface area contributed by atoms with Gasteiger partial charge in [0.2, 0.25) is 0 Å². The fourth-order valence-electron chi connectivity index (χ4n) is 9.66. The van der Waals surface area contributed by atoms with E-state index in [-0.39, 0.29) is 0 Å². The van der Waals surface area contributed by atoms with Gasteiger partial charge in [0.1, 0.15) is 0 Å². The van der Waals surface area contributed by atoms with Crippen LogP contribution in [0.1, 0.15) is 22.3 Å². The van der Waals surface area contributed by atoms with Crippen LogP contribution in [-0.4, -0.2) is 0 Å². The maximum atomic E-state index is 2.47. The van der Waals surface area contributed by atoms with Gasteiger partial charge in [-0.05, 0) is 108 Å². The maximum Gasteiger partial charge on any atom is 0.0714 e. The molecule has 60 heavy (non-hydrogen) atoms. The minimum atomic E-state index is -0.520. The molecule has 1 heteroatoms. The molecule has 0 aromatic heterocycles. The molecular weight excluding hydrogens is 723 g/mol. The van der Waals surface area contributed by atoms with Crippen LogP contribution in [0.15, 0.2) is 249 Å². The molecule has 10 aromatic rings. The van der Waals surface area contributed by atoms with Gasteiger partial charge in [0.05, 0.1) is 11.1 Å². The summed E-state index contributed by atoms with van der Waals surface area (Å²) >= 11 is 0. The fourth-order valence-corrected chi connectivity index (χ4v) is 9.66. The zero-order chi connectivity index (χ0) is 39.9. The van der Waals surface area contributed by atoms with Crippen molar-refractivity contribution in [1.82, 2.24) is 0 Å². The summed E-state index contributed by atoms with van der Waals surface area (Å²) in [6.07, 6.45) is 0. The summed E-state index contributed by atoms with van der Waals surface area (Å²) in [6.45, 7) is 0. The first-order chi connectivity index (χ1) is 29.8. The third-order valence-electron chi connectivity index (χ3n) is 12.4. The normalized spacial score (nSPS) is 12.5. The molecule has 0 atom stereocenters. The molecule has 1 nitrogen and oxygen atoms in total. The second-order valence-electron chi connectivity index (χ2n) is 15.6. The van der Waals surface area contributed by atoms with E-state index < -0.39 is 5.41 Å². The standard InChI is InChI=1S/C59H41N/c1-5-18-42(19-6-1)46-34-39-58(55(40-46)44-20-7-2-8-21-44)60(49-35-32-45(33-36-49)52-30-17-23-43-22-13-14-28-51(43)52)50-37-38-54-53-29-15-16-31-56(53)59(57(54)41-50,47-24-9-3-10-25-47)48-26-11-4-12-27-48/h1-41H. The highest BCUT2D eigenvalue weighted by atomic mass is 15.1. The smallest absolute Gasteiger partial charge is 0.0714 e. The van der Waals surface area contributed by atoms with E-state index in [0.717, 1.165) is 22.6 Å². The van der Waals surface area contributed by atoms with Gasteiger partial charge in [-0.2, -0.15) is 0 Å². The van der Waals surface area contributed by atoms with Gasteiger partial charge in [-0.15, -0.1) is 0 Å². The number of benzene rings is 10. The van der Waals surface area contributed by atoms with Gasteiger partial charge >= 0.3 is 0 Å². The van der Waals surface area contributed by atoms with Gasteiger partial charge in [0, 0.05) is 16.9 Å². The van der Waals surface area contributed by atoms with Crippen molar-refractivity contribution in [3.63, 3.8) is 0 Å². The van der Waals surface area contributed by atoms with E-state index in [2.05, 4.69) is 254 Å². The van der Waals surface area contributed by atoms with Crippen LogP contribution >= 0.6 is 0 Å². The molecule has 1 aliphatic rings. The third-order valence-corrected chi connectivity index (χ3v) is 12.4. The molecule has 282 valence electrons. The van der Waals surface area contributed by atoms with Crippen LogP contribution < -0.4 is 4.90 Å². The number of fused-ring (bicyclic) bond motifs is 4. The number of nitrogens with zero attached hydrogens (tertiary/aromatic N) is 1. The SMILES string of the molecule is c1ccc(-c2ccc(N(c3ccc(-c4cccc5ccccc45)cc3)c3ccc4c(c3)C(c3ccccc3)(c3ccccc3)c3ccccc3-4)c(-c3ccccc3)c2)cc1. The summed E-state index contributed by atoms with van der Waals surface area (Å²) < 4.78 is 0. The zero-order valence-electron chi connectivity index (χ0n) is 33.1. The van der Waals surface area contributed by atoms with E-state index >= 15 is 0 Å². The van der Waals surface area contributed by atoms with E-state index in [4.69, 9.17) is 0 Å². The van der Waals surface area contributed by atoms with Crippen LogP contribution in [0.2, 0.25) is 0 Å². The van der Waals surface area contributed by atoms with Crippen LogP contribution in [0.25, 0.3) is 55.3 Å². The van der Waals surface area contributed by atoms with Crippen molar-refractivity contribution >= 4 is 27.8 Å². The van der Waals surface area contributed by atoms with Crippen molar-refractivity contribution in [2.45, 2.75) is 5.41 Å². The summed E-state index contributed by atoms with van der Waals surface area (Å²) in [7, 11) is 0. The molecule has 0 N–H and O–H groups in total. The van der Waals surface area contributed by atoms with Gasteiger partial charge in [-0.25, -0.2) is 0 Å². The first-order valence-electron chi connectivity index (χ1n) is 20.8. The highest BCUT2D eigenvalue weighted by Gasteiger charge is 2.46. The zero-order valence-corrected chi connectivity index (χ0v) is 33.1. The number of hydrogen-bond donors (Lipinski definition) is 0. The van der Waals surface area contributed by atoms with Crippen molar-refractivity contribution < 1.29 is 0 Å². The minimum Gasteiger partial charge on any atom is -0.310 e. The predicted molar refractivity (Wildman–Crippen MR) is 252 cm³/mol. The molecule has 10 aromatic carbocycles. The van der Waals surface area contributed by atoms with E-state index in [1.807, 2.05) is 0 Å². The average Bonchev–Trinajstić information content (AvgIpc) is 3.63. The minimum absolute atomic E-state index is 0.520. The molecule has 0 saturated carbocycles. The van der Waals surface area contributed by atoms with Gasteiger partial charge in [-0.1, -0.05) is 212 Å². The molecule has 0 fully saturated rings. The van der Waals surface area contributed by atoms with Crippen molar-refractivity contribution in [3.8, 4) is 44.5 Å². The largest absolute Gasteiger partial charge is 0.310 e. The quantitative estimate of drug-likeness (QED) is 0.149. The lowest BCUT2D eigenvalue weighted by atomic mass is 9.67. The molecule has 0 amide bonds. The second kappa shape index (κ2) is 14.9. The van der Waals surface area contributed by atoms with Gasteiger partial charge in [0.15, 0.2) is 0 Å². The Morgan fingerprint density at radius 2 is 0.800 bits per heavy atom. The summed E-state index contributed by atoms with van der Waals surface area (Å²) in [5.74, 6) is 0. The summed E-state index contributed by atoms with van der Waals surface area (Å²) in [4.78, 5) is 2.47. The lowest BCUT2D eigenvalue weighted by molar-refractivity contribution is 0.768. The van der Waals surface area contributed by atoms with E-state index in [9.17, 15) is 0 Å². The molecule has 0 aliphatic heterocycles. The molecule has 0 radical (unpaired) electrons. The van der Waals surface area contributed by atoms with Gasteiger partial charge < -0.3 is 4.90 Å². The van der Waals surface area contributed by atoms with Crippen LogP contribution in [0.3, 0.4) is 0 Å². The Bertz CT molecular complexity index is 3070. The topological polar surface area (TPSA) is 3.24 Å². The van der Waals surface area contributed by atoms with Gasteiger partial charge in [0.25, 0.3) is 0 Å². The maximum absolute atomic E-state index is 2.47. The molecule has 0 spiro atoms. The molecule has 1 aliphatic carbocycles. The highest BCUT2D eigenvalue weighted by molar-refractivity contribution is 5.98. The summed E-state index contributed by atoms with van der Waals surface area (Å²) in [6, 6.07) is 91.1. The number of anilines is 3. The summed E-state index contributed by atoms with van der Waals surface area (Å²) in [5, 5.41) is 2.50. The van der Waals surface area contributed by atoms with Crippen LogP contribution in [-0.2, 0) is 5.41 Å². The first kappa shape index (κ1) is 35.4. The van der Waals surface area contributed by atoms with Crippen molar-refractivity contribution in [2.24, 2.45) is 0 Å². The molecule has 11 rings (SSSR count). The first-order valence-corrected chi connectivity index (χ1v) is 20.8. The van der Waals surface area contributed by atoms with Crippen LogP contribution in [0.5, 0.6) is 0 Å². The lowest BCUT2D eigenvalue weighted by Gasteiger charge is -2.35. The van der Waals surface area contributed by atoms with Gasteiger partial charge in [-0.3, -0.25) is 0 Å². The fraction of sp³-hybridized carbons (Fsp3) is 0.0169. The Kier molecular flexibility index (Phi) is 8.79. The lowest BCUT2D eigenvalue weighted by Crippen LogP contribution is -2.28. The molecule has 0 unspecified atom stereocenters. The molecular formula is C59H41N. The number of hydrogen-bond acceptors (Lipinski definition) is 1. The Balaban J connectivity index is 1.17. The van der Waals surface area contributed by atoms with E-state index in [0.29, 0.717) is 0 Å². The predicted octanol–water partition coefficient (Wildman–Crippen LogP) is 15.7. The second-order valence-corrected chi connectivity index (χ2v) is 15.6. The third kappa shape index (κ3) is 5.86. The monoisotopic (exact) mass is 763 g/mol. The average molecular weight is 764 g/mol. The van der Waals surface area contributed by atoms with Crippen LogP contribution in [0, 0.1) is 0 Å². The van der Waals surface area contributed by atoms with E-state index in [1.54, 1.807) is 0 Å². The Hall–Kier alpha value is -7.74. The molecule has 0 bridgehead atoms. The molecule has 0 saturated heterocycles. The molecule has 0 heterocycles. The van der Waals surface area contributed by atoms with Crippen molar-refractivity contribution in [3.05, 3.63) is 271 Å².